The van der Waals surface area contributed by atoms with Crippen LogP contribution in [0.15, 0.2) is 6.33 Å². The molecule has 0 unspecified atom stereocenters. The number of hydrogen-bond donors (Lipinski definition) is 1. The van der Waals surface area contributed by atoms with Gasteiger partial charge in [-0.2, -0.15) is 0 Å². The van der Waals surface area contributed by atoms with Crippen molar-refractivity contribution >= 4 is 0 Å². The van der Waals surface area contributed by atoms with Gasteiger partial charge in [0.15, 0.2) is 0 Å². The zero-order chi connectivity index (χ0) is 10.4. The highest BCUT2D eigenvalue weighted by molar-refractivity contribution is 4.95. The topological polar surface area (TPSA) is 56.7 Å². The first-order chi connectivity index (χ1) is 6.83. The first-order valence-corrected chi connectivity index (χ1v) is 5.41. The van der Waals surface area contributed by atoms with Gasteiger partial charge in [0.05, 0.1) is 0 Å². The zero-order valence-electron chi connectivity index (χ0n) is 9.11. The van der Waals surface area contributed by atoms with E-state index in [-0.39, 0.29) is 0 Å². The number of hydrogen-bond acceptors (Lipinski definition) is 3. The molecule has 1 aromatic rings. The Balaban J connectivity index is 2.69. The predicted molar refractivity (Wildman–Crippen MR) is 57.0 cm³/mol. The molecule has 1 heterocycles. The van der Waals surface area contributed by atoms with Gasteiger partial charge in [-0.1, -0.05) is 13.8 Å². The third kappa shape index (κ3) is 2.54. The fraction of sp³-hybridized carbons (Fsp3) is 0.800. The molecule has 1 rings (SSSR count). The Kier molecular flexibility index (Phi) is 4.59. The van der Waals surface area contributed by atoms with Crippen molar-refractivity contribution in [2.75, 3.05) is 6.54 Å². The molecule has 0 aliphatic heterocycles. The van der Waals surface area contributed by atoms with Crippen molar-refractivity contribution in [3.8, 4) is 0 Å². The van der Waals surface area contributed by atoms with Crippen LogP contribution in [-0.4, -0.2) is 21.3 Å². The van der Waals surface area contributed by atoms with Gasteiger partial charge < -0.3 is 10.3 Å². The highest BCUT2D eigenvalue weighted by Gasteiger charge is 2.13. The average molecular weight is 196 g/mol. The molecule has 0 saturated heterocycles. The van der Waals surface area contributed by atoms with Crippen LogP contribution >= 0.6 is 0 Å². The van der Waals surface area contributed by atoms with Gasteiger partial charge in [-0.05, 0) is 25.8 Å². The van der Waals surface area contributed by atoms with Gasteiger partial charge in [0, 0.05) is 12.5 Å². The van der Waals surface area contributed by atoms with E-state index in [0.29, 0.717) is 5.92 Å². The van der Waals surface area contributed by atoms with Gasteiger partial charge in [0.2, 0.25) is 0 Å². The van der Waals surface area contributed by atoms with Gasteiger partial charge >= 0.3 is 0 Å². The molecule has 80 valence electrons. The normalized spacial score (nSPS) is 11.1. The standard InChI is InChI=1S/C10H20N4/c1-3-9(4-2)10-13-12-8-14(10)7-5-6-11/h8-9H,3-7,11H2,1-2H3. The van der Waals surface area contributed by atoms with Gasteiger partial charge in [-0.25, -0.2) is 0 Å². The van der Waals surface area contributed by atoms with Gasteiger partial charge in [0.1, 0.15) is 12.2 Å². The number of nitrogens with zero attached hydrogens (tertiary/aromatic N) is 3. The van der Waals surface area contributed by atoms with Gasteiger partial charge in [-0.3, -0.25) is 0 Å². The van der Waals surface area contributed by atoms with E-state index in [4.69, 9.17) is 5.73 Å². The molecule has 0 aromatic carbocycles. The third-order valence-corrected chi connectivity index (χ3v) is 2.60. The van der Waals surface area contributed by atoms with E-state index in [1.165, 1.54) is 0 Å². The van der Waals surface area contributed by atoms with Crippen LogP contribution in [0.4, 0.5) is 0 Å². The molecule has 4 nitrogen and oxygen atoms in total. The molecular weight excluding hydrogens is 176 g/mol. The molecule has 2 N–H and O–H groups in total. The molecule has 0 bridgehead atoms. The second-order valence-corrected chi connectivity index (χ2v) is 3.54. The molecule has 1 aromatic heterocycles. The Morgan fingerprint density at radius 1 is 1.43 bits per heavy atom. The summed E-state index contributed by atoms with van der Waals surface area (Å²) in [4.78, 5) is 0. The van der Waals surface area contributed by atoms with Gasteiger partial charge in [-0.15, -0.1) is 10.2 Å². The summed E-state index contributed by atoms with van der Waals surface area (Å²) in [5.74, 6) is 1.65. The predicted octanol–water partition coefficient (Wildman–Crippen LogP) is 1.53. The van der Waals surface area contributed by atoms with E-state index in [2.05, 4.69) is 28.6 Å². The highest BCUT2D eigenvalue weighted by atomic mass is 15.3. The number of rotatable bonds is 6. The van der Waals surface area contributed by atoms with E-state index >= 15 is 0 Å². The Labute approximate surface area is 85.5 Å². The van der Waals surface area contributed by atoms with Crippen molar-refractivity contribution in [3.63, 3.8) is 0 Å². The van der Waals surface area contributed by atoms with Crippen LogP contribution in [0.2, 0.25) is 0 Å². The fourth-order valence-corrected chi connectivity index (χ4v) is 1.67. The summed E-state index contributed by atoms with van der Waals surface area (Å²) < 4.78 is 2.13. The minimum absolute atomic E-state index is 0.537. The first kappa shape index (κ1) is 11.2. The average Bonchev–Trinajstić information content (AvgIpc) is 2.65. The summed E-state index contributed by atoms with van der Waals surface area (Å²) in [6, 6.07) is 0. The first-order valence-electron chi connectivity index (χ1n) is 5.41. The Morgan fingerprint density at radius 3 is 2.71 bits per heavy atom. The number of aromatic nitrogens is 3. The molecule has 0 fully saturated rings. The molecule has 0 spiro atoms. The summed E-state index contributed by atoms with van der Waals surface area (Å²) in [7, 11) is 0. The minimum Gasteiger partial charge on any atom is -0.330 e. The van der Waals surface area contributed by atoms with E-state index in [9.17, 15) is 0 Å². The molecule has 0 amide bonds. The second-order valence-electron chi connectivity index (χ2n) is 3.54. The van der Waals surface area contributed by atoms with Crippen LogP contribution in [-0.2, 0) is 6.54 Å². The molecule has 0 saturated carbocycles. The third-order valence-electron chi connectivity index (χ3n) is 2.60. The largest absolute Gasteiger partial charge is 0.330 e. The van der Waals surface area contributed by atoms with Crippen LogP contribution in [0.3, 0.4) is 0 Å². The van der Waals surface area contributed by atoms with Crippen LogP contribution in [0.1, 0.15) is 44.9 Å². The van der Waals surface area contributed by atoms with Crippen molar-refractivity contribution in [2.24, 2.45) is 5.73 Å². The minimum atomic E-state index is 0.537. The van der Waals surface area contributed by atoms with Crippen LogP contribution in [0.25, 0.3) is 0 Å². The number of aryl methyl sites for hydroxylation is 1. The lowest BCUT2D eigenvalue weighted by atomic mass is 10.0. The molecule has 0 radical (unpaired) electrons. The van der Waals surface area contributed by atoms with E-state index < -0.39 is 0 Å². The smallest absolute Gasteiger partial charge is 0.135 e. The fourth-order valence-electron chi connectivity index (χ4n) is 1.67. The maximum Gasteiger partial charge on any atom is 0.135 e. The molecule has 0 atom stereocenters. The van der Waals surface area contributed by atoms with Crippen molar-refractivity contribution < 1.29 is 0 Å². The molecule has 0 aliphatic carbocycles. The SMILES string of the molecule is CCC(CC)c1nncn1CCCN. The maximum absolute atomic E-state index is 5.48. The molecule has 14 heavy (non-hydrogen) atoms. The summed E-state index contributed by atoms with van der Waals surface area (Å²) in [5.41, 5.74) is 5.48. The van der Waals surface area contributed by atoms with Crippen molar-refractivity contribution in [2.45, 2.75) is 45.6 Å². The molecule has 0 aliphatic rings. The van der Waals surface area contributed by atoms with Crippen molar-refractivity contribution in [1.29, 1.82) is 0 Å². The lowest BCUT2D eigenvalue weighted by molar-refractivity contribution is 0.536. The Hall–Kier alpha value is -0.900. The zero-order valence-corrected chi connectivity index (χ0v) is 9.11. The number of nitrogens with two attached hydrogens (primary N) is 1. The monoisotopic (exact) mass is 196 g/mol. The second kappa shape index (κ2) is 5.75. The molecular formula is C10H20N4. The van der Waals surface area contributed by atoms with Gasteiger partial charge in [0.25, 0.3) is 0 Å². The summed E-state index contributed by atoms with van der Waals surface area (Å²) in [6.45, 7) is 6.04. The Bertz CT molecular complexity index is 252. The van der Waals surface area contributed by atoms with Crippen molar-refractivity contribution in [3.05, 3.63) is 12.2 Å². The molecule has 4 heteroatoms. The summed E-state index contributed by atoms with van der Waals surface area (Å²) >= 11 is 0. The highest BCUT2D eigenvalue weighted by Crippen LogP contribution is 2.20. The van der Waals surface area contributed by atoms with E-state index in [0.717, 1.165) is 38.2 Å². The van der Waals surface area contributed by atoms with E-state index in [1.807, 2.05) is 6.33 Å². The summed E-state index contributed by atoms with van der Waals surface area (Å²) in [5, 5.41) is 8.15. The van der Waals surface area contributed by atoms with Crippen LogP contribution in [0, 0.1) is 0 Å². The van der Waals surface area contributed by atoms with E-state index in [1.54, 1.807) is 0 Å². The quantitative estimate of drug-likeness (QED) is 0.750. The van der Waals surface area contributed by atoms with Crippen LogP contribution < -0.4 is 5.73 Å². The maximum atomic E-state index is 5.48. The Morgan fingerprint density at radius 2 is 2.14 bits per heavy atom. The lowest BCUT2D eigenvalue weighted by Crippen LogP contribution is -2.11. The lowest BCUT2D eigenvalue weighted by Gasteiger charge is -2.12. The summed E-state index contributed by atoms with van der Waals surface area (Å²) in [6.07, 6.45) is 5.05. The van der Waals surface area contributed by atoms with Crippen LogP contribution in [0.5, 0.6) is 0 Å². The van der Waals surface area contributed by atoms with Crippen molar-refractivity contribution in [1.82, 2.24) is 14.8 Å².